The Labute approximate surface area is 129 Å². The van der Waals surface area contributed by atoms with Crippen molar-refractivity contribution in [3.05, 3.63) is 36.5 Å². The molecule has 0 unspecified atom stereocenters. The maximum Gasteiger partial charge on any atom is 0.303 e. The third-order valence-corrected chi connectivity index (χ3v) is 3.12. The summed E-state index contributed by atoms with van der Waals surface area (Å²) < 4.78 is 0. The molecule has 0 saturated heterocycles. The van der Waals surface area contributed by atoms with E-state index in [-0.39, 0.29) is 12.5 Å². The van der Waals surface area contributed by atoms with Gasteiger partial charge in [0.2, 0.25) is 0 Å². The molecular formula is C18H30O3. The first-order valence-corrected chi connectivity index (χ1v) is 8.03. The molecule has 0 rings (SSSR count). The van der Waals surface area contributed by atoms with Crippen LogP contribution < -0.4 is 0 Å². The molecule has 0 aliphatic rings. The van der Waals surface area contributed by atoms with Crippen LogP contribution in [0, 0.1) is 0 Å². The molecule has 0 bridgehead atoms. The molecule has 0 aromatic rings. The molecule has 3 heteroatoms. The lowest BCUT2D eigenvalue weighted by molar-refractivity contribution is -0.136. The first-order chi connectivity index (χ1) is 10.2. The molecule has 0 aliphatic heterocycles. The summed E-state index contributed by atoms with van der Waals surface area (Å²) in [6, 6.07) is 0. The van der Waals surface area contributed by atoms with Crippen LogP contribution in [0.2, 0.25) is 0 Å². The minimum Gasteiger partial charge on any atom is -0.481 e. The van der Waals surface area contributed by atoms with Crippen molar-refractivity contribution < 1.29 is 15.0 Å². The molecule has 0 saturated carbocycles. The van der Waals surface area contributed by atoms with E-state index in [2.05, 4.69) is 19.1 Å². The molecule has 2 N–H and O–H groups in total. The Balaban J connectivity index is 3.51. The number of aliphatic carboxylic acids is 1. The zero-order valence-electron chi connectivity index (χ0n) is 13.2. The third-order valence-electron chi connectivity index (χ3n) is 3.12. The number of aliphatic hydroxyl groups excluding tert-OH is 1. The van der Waals surface area contributed by atoms with Crippen LogP contribution in [0.3, 0.4) is 0 Å². The van der Waals surface area contributed by atoms with Crippen LogP contribution in [-0.4, -0.2) is 22.3 Å². The lowest BCUT2D eigenvalue weighted by Gasteiger charge is -2.04. The van der Waals surface area contributed by atoms with Gasteiger partial charge in [-0.2, -0.15) is 0 Å². The minimum absolute atomic E-state index is 0.174. The zero-order valence-corrected chi connectivity index (χ0v) is 13.2. The summed E-state index contributed by atoms with van der Waals surface area (Å²) in [5.74, 6) is -0.769. The highest BCUT2D eigenvalue weighted by atomic mass is 16.4. The Morgan fingerprint density at radius 3 is 2.38 bits per heavy atom. The molecule has 3 nitrogen and oxygen atoms in total. The van der Waals surface area contributed by atoms with Gasteiger partial charge < -0.3 is 10.2 Å². The molecule has 0 spiro atoms. The summed E-state index contributed by atoms with van der Waals surface area (Å²) in [5.41, 5.74) is 0. The van der Waals surface area contributed by atoms with E-state index in [0.29, 0.717) is 6.42 Å². The molecule has 0 aliphatic carbocycles. The monoisotopic (exact) mass is 294 g/mol. The fraction of sp³-hybridized carbons (Fsp3) is 0.611. The van der Waals surface area contributed by atoms with E-state index in [9.17, 15) is 9.90 Å². The standard InChI is InChI=1S/C18H30O3/c1-2-3-4-5-8-11-14-17(19)15-12-9-6-7-10-13-16-18(20)21/h6-11,17,19H,2-5,12-16H2,1H3,(H,20,21)/t17-/m1/s1. The molecule has 120 valence electrons. The summed E-state index contributed by atoms with van der Waals surface area (Å²) in [6.45, 7) is 2.20. The van der Waals surface area contributed by atoms with Gasteiger partial charge in [0.25, 0.3) is 0 Å². The van der Waals surface area contributed by atoms with Crippen molar-refractivity contribution in [1.29, 1.82) is 0 Å². The number of hydrogen-bond donors (Lipinski definition) is 2. The SMILES string of the molecule is CCCCCC=CC[C@@H](O)CCC=CC=CCCC(=O)O. The quantitative estimate of drug-likeness (QED) is 0.296. The second-order valence-corrected chi connectivity index (χ2v) is 5.22. The number of aliphatic hydroxyl groups is 1. The van der Waals surface area contributed by atoms with E-state index in [1.54, 1.807) is 0 Å². The highest BCUT2D eigenvalue weighted by molar-refractivity contribution is 5.66. The van der Waals surface area contributed by atoms with Crippen molar-refractivity contribution in [1.82, 2.24) is 0 Å². The Hall–Kier alpha value is -1.35. The Morgan fingerprint density at radius 1 is 1.00 bits per heavy atom. The van der Waals surface area contributed by atoms with E-state index < -0.39 is 5.97 Å². The smallest absolute Gasteiger partial charge is 0.303 e. The van der Waals surface area contributed by atoms with Gasteiger partial charge >= 0.3 is 5.97 Å². The molecule has 0 radical (unpaired) electrons. The van der Waals surface area contributed by atoms with Gasteiger partial charge in [0, 0.05) is 6.42 Å². The maximum atomic E-state index is 10.3. The van der Waals surface area contributed by atoms with E-state index >= 15 is 0 Å². The van der Waals surface area contributed by atoms with Crippen molar-refractivity contribution in [2.45, 2.75) is 70.8 Å². The van der Waals surface area contributed by atoms with Crippen LogP contribution >= 0.6 is 0 Å². The second kappa shape index (κ2) is 15.0. The van der Waals surface area contributed by atoms with Gasteiger partial charge in [-0.1, -0.05) is 56.2 Å². The number of unbranched alkanes of at least 4 members (excludes halogenated alkanes) is 3. The first kappa shape index (κ1) is 19.7. The molecule has 1 atom stereocenters. The van der Waals surface area contributed by atoms with Gasteiger partial charge in [0.05, 0.1) is 6.10 Å². The van der Waals surface area contributed by atoms with Gasteiger partial charge in [-0.05, 0) is 38.5 Å². The highest BCUT2D eigenvalue weighted by Gasteiger charge is 1.98. The van der Waals surface area contributed by atoms with Crippen molar-refractivity contribution >= 4 is 5.97 Å². The molecule has 0 amide bonds. The van der Waals surface area contributed by atoms with Gasteiger partial charge in [-0.3, -0.25) is 4.79 Å². The van der Waals surface area contributed by atoms with Gasteiger partial charge in [-0.15, -0.1) is 0 Å². The third kappa shape index (κ3) is 16.6. The average molecular weight is 294 g/mol. The number of allylic oxidation sites excluding steroid dienone is 5. The Bertz CT molecular complexity index is 329. The molecule has 0 heterocycles. The molecule has 0 fully saturated rings. The van der Waals surface area contributed by atoms with Crippen molar-refractivity contribution in [2.75, 3.05) is 0 Å². The average Bonchev–Trinajstić information content (AvgIpc) is 2.45. The van der Waals surface area contributed by atoms with Crippen molar-refractivity contribution in [3.63, 3.8) is 0 Å². The summed E-state index contributed by atoms with van der Waals surface area (Å²) in [7, 11) is 0. The van der Waals surface area contributed by atoms with Gasteiger partial charge in [0.15, 0.2) is 0 Å². The second-order valence-electron chi connectivity index (χ2n) is 5.22. The number of rotatable bonds is 13. The lowest BCUT2D eigenvalue weighted by atomic mass is 10.1. The topological polar surface area (TPSA) is 57.5 Å². The molecular weight excluding hydrogens is 264 g/mol. The largest absolute Gasteiger partial charge is 0.481 e. The molecule has 0 aromatic heterocycles. The highest BCUT2D eigenvalue weighted by Crippen LogP contribution is 2.06. The number of hydrogen-bond acceptors (Lipinski definition) is 2. The van der Waals surface area contributed by atoms with Crippen molar-refractivity contribution in [2.24, 2.45) is 0 Å². The van der Waals surface area contributed by atoms with Crippen molar-refractivity contribution in [3.8, 4) is 0 Å². The number of carboxylic acids is 1. The first-order valence-electron chi connectivity index (χ1n) is 8.03. The van der Waals surface area contributed by atoms with E-state index in [1.165, 1.54) is 19.3 Å². The number of carboxylic acid groups (broad SMARTS) is 1. The normalized spacial score (nSPS) is 13.6. The van der Waals surface area contributed by atoms with Gasteiger partial charge in [-0.25, -0.2) is 0 Å². The molecule has 0 aromatic carbocycles. The van der Waals surface area contributed by atoms with Crippen LogP contribution in [0.5, 0.6) is 0 Å². The van der Waals surface area contributed by atoms with Gasteiger partial charge in [0.1, 0.15) is 0 Å². The van der Waals surface area contributed by atoms with E-state index in [4.69, 9.17) is 5.11 Å². The predicted octanol–water partition coefficient (Wildman–Crippen LogP) is 4.63. The maximum absolute atomic E-state index is 10.3. The van der Waals surface area contributed by atoms with Crippen LogP contribution in [0.25, 0.3) is 0 Å². The summed E-state index contributed by atoms with van der Waals surface area (Å²) >= 11 is 0. The summed E-state index contributed by atoms with van der Waals surface area (Å²) in [6.07, 6.45) is 19.5. The van der Waals surface area contributed by atoms with Crippen LogP contribution in [0.1, 0.15) is 64.7 Å². The summed E-state index contributed by atoms with van der Waals surface area (Å²) in [4.78, 5) is 10.3. The number of carbonyl (C=O) groups is 1. The van der Waals surface area contributed by atoms with Crippen LogP contribution in [0.4, 0.5) is 0 Å². The zero-order chi connectivity index (χ0) is 15.8. The fourth-order valence-electron chi connectivity index (χ4n) is 1.85. The molecule has 21 heavy (non-hydrogen) atoms. The lowest BCUT2D eigenvalue weighted by Crippen LogP contribution is -2.03. The van der Waals surface area contributed by atoms with Crippen LogP contribution in [0.15, 0.2) is 36.5 Å². The predicted molar refractivity (Wildman–Crippen MR) is 88.3 cm³/mol. The van der Waals surface area contributed by atoms with E-state index in [0.717, 1.165) is 25.7 Å². The fourth-order valence-corrected chi connectivity index (χ4v) is 1.85. The van der Waals surface area contributed by atoms with E-state index in [1.807, 2.05) is 24.3 Å². The van der Waals surface area contributed by atoms with Crippen LogP contribution in [-0.2, 0) is 4.79 Å². The Kier molecular flexibility index (Phi) is 14.1. The summed E-state index contributed by atoms with van der Waals surface area (Å²) in [5, 5.41) is 18.2. The minimum atomic E-state index is -0.769. The Morgan fingerprint density at radius 2 is 1.71 bits per heavy atom.